The largest absolute Gasteiger partial charge is 0.448 e. The molecule has 1 aliphatic heterocycles. The van der Waals surface area contributed by atoms with Crippen LogP contribution in [-0.4, -0.2) is 20.9 Å². The minimum Gasteiger partial charge on any atom is -0.448 e. The number of thioether (sulfide) groups is 1. The second-order valence-corrected chi connectivity index (χ2v) is 7.26. The minimum atomic E-state index is -0.335. The molecule has 0 radical (unpaired) electrons. The molecule has 0 bridgehead atoms. The molecule has 1 aromatic heterocycles. The second-order valence-electron chi connectivity index (χ2n) is 6.20. The predicted octanol–water partition coefficient (Wildman–Crippen LogP) is 4.85. The monoisotopic (exact) mass is 364 g/mol. The molecule has 132 valence electrons. The first-order valence-corrected chi connectivity index (χ1v) is 9.70. The average Bonchev–Trinajstić information content (AvgIpc) is 2.83. The molecule has 6 heteroatoms. The smallest absolute Gasteiger partial charge is 0.247 e. The van der Waals surface area contributed by atoms with E-state index in [9.17, 15) is 0 Å². The van der Waals surface area contributed by atoms with E-state index in [1.807, 2.05) is 24.3 Å². The number of anilines is 1. The number of benzene rings is 2. The molecule has 1 atom stereocenters. The number of nitrogens with one attached hydrogen (secondary N) is 1. The maximum Gasteiger partial charge on any atom is 0.247 e. The molecule has 0 saturated carbocycles. The van der Waals surface area contributed by atoms with Crippen LogP contribution in [0.25, 0.3) is 11.3 Å². The van der Waals surface area contributed by atoms with Gasteiger partial charge in [-0.3, -0.25) is 0 Å². The number of ether oxygens (including phenoxy) is 1. The van der Waals surface area contributed by atoms with Crippen LogP contribution in [0.4, 0.5) is 5.69 Å². The average molecular weight is 364 g/mol. The summed E-state index contributed by atoms with van der Waals surface area (Å²) in [5, 5.41) is 12.8. The molecule has 0 unspecified atom stereocenters. The Morgan fingerprint density at radius 1 is 1.08 bits per heavy atom. The zero-order valence-corrected chi connectivity index (χ0v) is 15.6. The van der Waals surface area contributed by atoms with Crippen molar-refractivity contribution in [1.82, 2.24) is 15.2 Å². The maximum atomic E-state index is 6.25. The Balaban J connectivity index is 1.78. The molecule has 0 aliphatic carbocycles. The van der Waals surface area contributed by atoms with Crippen molar-refractivity contribution in [3.63, 3.8) is 0 Å². The van der Waals surface area contributed by atoms with Crippen LogP contribution in [0.3, 0.4) is 0 Å². The Bertz CT molecular complexity index is 914. The van der Waals surface area contributed by atoms with E-state index in [4.69, 9.17) is 4.74 Å². The van der Waals surface area contributed by atoms with Crippen molar-refractivity contribution in [3.05, 3.63) is 59.7 Å². The number of hydrogen-bond acceptors (Lipinski definition) is 6. The summed E-state index contributed by atoms with van der Waals surface area (Å²) in [4.78, 5) is 4.63. The topological polar surface area (TPSA) is 59.9 Å². The Morgan fingerprint density at radius 3 is 2.69 bits per heavy atom. The third kappa shape index (κ3) is 3.37. The zero-order valence-electron chi connectivity index (χ0n) is 14.8. The fourth-order valence-electron chi connectivity index (χ4n) is 2.79. The molecule has 3 aromatic rings. The highest BCUT2D eigenvalue weighted by Gasteiger charge is 2.25. The first kappa shape index (κ1) is 16.8. The summed E-state index contributed by atoms with van der Waals surface area (Å²) < 4.78 is 6.25. The molecule has 26 heavy (non-hydrogen) atoms. The van der Waals surface area contributed by atoms with Crippen molar-refractivity contribution < 1.29 is 4.74 Å². The van der Waals surface area contributed by atoms with E-state index >= 15 is 0 Å². The molecule has 1 N–H and O–H groups in total. The van der Waals surface area contributed by atoms with Crippen LogP contribution >= 0.6 is 11.8 Å². The van der Waals surface area contributed by atoms with E-state index in [1.165, 1.54) is 5.56 Å². The third-order valence-corrected chi connectivity index (χ3v) is 5.19. The number of aryl methyl sites for hydroxylation is 1. The van der Waals surface area contributed by atoms with Crippen LogP contribution in [0, 0.1) is 6.92 Å². The number of rotatable bonds is 4. The Morgan fingerprint density at radius 2 is 1.88 bits per heavy atom. The Hall–Kier alpha value is -2.60. The van der Waals surface area contributed by atoms with E-state index in [1.54, 1.807) is 11.8 Å². The van der Waals surface area contributed by atoms with Crippen LogP contribution in [0.2, 0.25) is 0 Å². The highest BCUT2D eigenvalue weighted by molar-refractivity contribution is 7.99. The fraction of sp³-hybridized carbons (Fsp3) is 0.250. The zero-order chi connectivity index (χ0) is 17.9. The van der Waals surface area contributed by atoms with Gasteiger partial charge in [0.05, 0.1) is 0 Å². The van der Waals surface area contributed by atoms with Gasteiger partial charge in [0, 0.05) is 22.6 Å². The van der Waals surface area contributed by atoms with Gasteiger partial charge < -0.3 is 10.1 Å². The summed E-state index contributed by atoms with van der Waals surface area (Å²) in [7, 11) is 0. The van der Waals surface area contributed by atoms with Gasteiger partial charge in [-0.05, 0) is 19.4 Å². The molecule has 4 rings (SSSR count). The van der Waals surface area contributed by atoms with Gasteiger partial charge in [-0.1, -0.05) is 66.7 Å². The maximum absolute atomic E-state index is 6.25. The summed E-state index contributed by atoms with van der Waals surface area (Å²) >= 11 is 1.60. The van der Waals surface area contributed by atoms with Gasteiger partial charge >= 0.3 is 0 Å². The molecule has 2 aromatic carbocycles. The van der Waals surface area contributed by atoms with Gasteiger partial charge in [0.1, 0.15) is 0 Å². The highest BCUT2D eigenvalue weighted by Crippen LogP contribution is 2.39. The summed E-state index contributed by atoms with van der Waals surface area (Å²) in [6, 6.07) is 16.3. The molecule has 5 nitrogen and oxygen atoms in total. The molecule has 0 saturated heterocycles. The highest BCUT2D eigenvalue weighted by atomic mass is 32.2. The summed E-state index contributed by atoms with van der Waals surface area (Å²) in [5.74, 6) is 1.47. The van der Waals surface area contributed by atoms with E-state index in [-0.39, 0.29) is 6.23 Å². The van der Waals surface area contributed by atoms with Gasteiger partial charge in [0.15, 0.2) is 11.9 Å². The molecule has 1 aliphatic rings. The van der Waals surface area contributed by atoms with E-state index in [0.717, 1.165) is 29.0 Å². The lowest BCUT2D eigenvalue weighted by Crippen LogP contribution is -2.17. The fourth-order valence-corrected chi connectivity index (χ4v) is 3.43. The van der Waals surface area contributed by atoms with Gasteiger partial charge in [-0.25, -0.2) is 0 Å². The molecular formula is C20H20N4OS. The SMILES string of the molecule is CCCSc1nnc2c(n1)O[C@H](c1ccc(C)cc1)Nc1ccccc1-2. The first-order valence-electron chi connectivity index (χ1n) is 8.71. The lowest BCUT2D eigenvalue weighted by atomic mass is 10.1. The van der Waals surface area contributed by atoms with E-state index in [0.29, 0.717) is 16.7 Å². The first-order chi connectivity index (χ1) is 12.7. The minimum absolute atomic E-state index is 0.335. The quantitative estimate of drug-likeness (QED) is 0.668. The number of hydrogen-bond donors (Lipinski definition) is 1. The molecule has 0 spiro atoms. The van der Waals surface area contributed by atoms with Crippen LogP contribution < -0.4 is 10.1 Å². The van der Waals surface area contributed by atoms with Crippen LogP contribution in [-0.2, 0) is 0 Å². The van der Waals surface area contributed by atoms with Gasteiger partial charge in [-0.15, -0.1) is 10.2 Å². The molecular weight excluding hydrogens is 344 g/mol. The predicted molar refractivity (Wildman–Crippen MR) is 104 cm³/mol. The van der Waals surface area contributed by atoms with Crippen LogP contribution in [0.5, 0.6) is 5.88 Å². The third-order valence-electron chi connectivity index (χ3n) is 4.15. The van der Waals surface area contributed by atoms with Crippen molar-refractivity contribution in [2.24, 2.45) is 0 Å². The summed E-state index contributed by atoms with van der Waals surface area (Å²) in [5.41, 5.74) is 4.83. The van der Waals surface area contributed by atoms with Crippen molar-refractivity contribution in [2.75, 3.05) is 11.1 Å². The van der Waals surface area contributed by atoms with Crippen molar-refractivity contribution in [1.29, 1.82) is 0 Å². The molecule has 0 fully saturated rings. The Kier molecular flexibility index (Phi) is 4.75. The Labute approximate surface area is 157 Å². The summed E-state index contributed by atoms with van der Waals surface area (Å²) in [6.45, 7) is 4.21. The van der Waals surface area contributed by atoms with Crippen LogP contribution in [0.1, 0.15) is 30.7 Å². The summed E-state index contributed by atoms with van der Waals surface area (Å²) in [6.07, 6.45) is 0.723. The normalized spacial score (nSPS) is 15.2. The van der Waals surface area contributed by atoms with Crippen molar-refractivity contribution >= 4 is 17.4 Å². The number of nitrogens with zero attached hydrogens (tertiary/aromatic N) is 3. The lowest BCUT2D eigenvalue weighted by molar-refractivity contribution is 0.225. The van der Waals surface area contributed by atoms with Gasteiger partial charge in [-0.2, -0.15) is 4.98 Å². The molecule has 0 amide bonds. The van der Waals surface area contributed by atoms with Crippen molar-refractivity contribution in [3.8, 4) is 17.1 Å². The van der Waals surface area contributed by atoms with E-state index < -0.39 is 0 Å². The molecule has 2 heterocycles. The van der Waals surface area contributed by atoms with Gasteiger partial charge in [0.25, 0.3) is 0 Å². The van der Waals surface area contributed by atoms with Gasteiger partial charge in [0.2, 0.25) is 11.0 Å². The lowest BCUT2D eigenvalue weighted by Gasteiger charge is -2.19. The number of aromatic nitrogens is 3. The van der Waals surface area contributed by atoms with E-state index in [2.05, 4.69) is 58.6 Å². The van der Waals surface area contributed by atoms with Crippen molar-refractivity contribution in [2.45, 2.75) is 31.7 Å². The number of para-hydroxylation sites is 1. The number of fused-ring (bicyclic) bond motifs is 3. The second kappa shape index (κ2) is 7.33. The standard InChI is InChI=1S/C20H20N4OS/c1-3-12-26-20-22-19-17(23-24-20)15-6-4-5-7-16(15)21-18(25-19)14-10-8-13(2)9-11-14/h4-11,18,21H,3,12H2,1-2H3/t18-/m1/s1. The van der Waals surface area contributed by atoms with Crippen LogP contribution in [0.15, 0.2) is 53.7 Å².